The lowest BCUT2D eigenvalue weighted by Gasteiger charge is -2.41. The van der Waals surface area contributed by atoms with Gasteiger partial charge in [0.15, 0.2) is 15.8 Å². The lowest BCUT2D eigenvalue weighted by Crippen LogP contribution is -2.56. The largest absolute Gasteiger partial charge is 0.379 e. The van der Waals surface area contributed by atoms with E-state index in [9.17, 15) is 8.42 Å². The number of sulfone groups is 1. The van der Waals surface area contributed by atoms with E-state index in [4.69, 9.17) is 4.74 Å². The number of morpholine rings is 1. The Hall–Kier alpha value is -0.910. The van der Waals surface area contributed by atoms with Gasteiger partial charge < -0.3 is 15.4 Å². The maximum atomic E-state index is 12.3. The standard InChI is InChI=1S/C18H30N4O3S.HI/c1-18(2,22-10-12-25-13-11-22)15-21-17(19-3)20-9-14-26(23,24)16-7-5-4-6-8-16;/h4-8H,9-15H2,1-3H3,(H2,19,20,21);1H. The number of aliphatic imine (C=N–C) groups is 1. The Kier molecular flexibility index (Phi) is 9.99. The van der Waals surface area contributed by atoms with Crippen molar-refractivity contribution in [3.05, 3.63) is 30.3 Å². The van der Waals surface area contributed by atoms with Crippen molar-refractivity contribution in [2.75, 3.05) is 52.2 Å². The molecule has 0 radical (unpaired) electrons. The zero-order chi connectivity index (χ0) is 19.0. The van der Waals surface area contributed by atoms with Gasteiger partial charge in [-0.05, 0) is 26.0 Å². The van der Waals surface area contributed by atoms with E-state index in [0.717, 1.165) is 26.3 Å². The maximum absolute atomic E-state index is 12.3. The highest BCUT2D eigenvalue weighted by atomic mass is 127. The van der Waals surface area contributed by atoms with Gasteiger partial charge in [-0.1, -0.05) is 18.2 Å². The minimum absolute atomic E-state index is 0. The summed E-state index contributed by atoms with van der Waals surface area (Å²) in [6, 6.07) is 8.50. The van der Waals surface area contributed by atoms with Crippen molar-refractivity contribution in [3.8, 4) is 0 Å². The molecule has 1 saturated heterocycles. The van der Waals surface area contributed by atoms with Crippen molar-refractivity contribution in [1.82, 2.24) is 15.5 Å². The number of halogens is 1. The number of nitrogens with one attached hydrogen (secondary N) is 2. The lowest BCUT2D eigenvalue weighted by atomic mass is 10.0. The molecule has 2 N–H and O–H groups in total. The Bertz CT molecular complexity index is 690. The normalized spacial score (nSPS) is 16.5. The highest BCUT2D eigenvalue weighted by Gasteiger charge is 2.28. The third kappa shape index (κ3) is 7.55. The number of guanidine groups is 1. The van der Waals surface area contributed by atoms with E-state index < -0.39 is 9.84 Å². The van der Waals surface area contributed by atoms with E-state index in [1.54, 1.807) is 37.4 Å². The topological polar surface area (TPSA) is 83.0 Å². The van der Waals surface area contributed by atoms with Crippen LogP contribution in [0.5, 0.6) is 0 Å². The number of ether oxygens (including phenoxy) is 1. The average molecular weight is 510 g/mol. The van der Waals surface area contributed by atoms with Crippen molar-refractivity contribution in [3.63, 3.8) is 0 Å². The van der Waals surface area contributed by atoms with Crippen molar-refractivity contribution in [2.24, 2.45) is 4.99 Å². The second kappa shape index (κ2) is 11.2. The molecule has 0 saturated carbocycles. The van der Waals surface area contributed by atoms with Gasteiger partial charge in [0.25, 0.3) is 0 Å². The van der Waals surface area contributed by atoms with Crippen molar-refractivity contribution in [2.45, 2.75) is 24.3 Å². The third-order valence-electron chi connectivity index (χ3n) is 4.54. The zero-order valence-electron chi connectivity index (χ0n) is 16.3. The zero-order valence-corrected chi connectivity index (χ0v) is 19.4. The van der Waals surface area contributed by atoms with Gasteiger partial charge in [0, 0.05) is 38.8 Å². The van der Waals surface area contributed by atoms with E-state index in [-0.39, 0.29) is 35.3 Å². The highest BCUT2D eigenvalue weighted by Crippen LogP contribution is 2.15. The van der Waals surface area contributed by atoms with Crippen LogP contribution in [0.3, 0.4) is 0 Å². The molecule has 1 aliphatic rings. The van der Waals surface area contributed by atoms with Crippen LogP contribution in [0.25, 0.3) is 0 Å². The number of benzene rings is 1. The van der Waals surface area contributed by atoms with Crippen LogP contribution in [0.4, 0.5) is 0 Å². The van der Waals surface area contributed by atoms with Crippen LogP contribution in [-0.2, 0) is 14.6 Å². The van der Waals surface area contributed by atoms with Gasteiger partial charge in [-0.15, -0.1) is 24.0 Å². The summed E-state index contributed by atoms with van der Waals surface area (Å²) in [4.78, 5) is 6.92. The van der Waals surface area contributed by atoms with Gasteiger partial charge in [-0.3, -0.25) is 9.89 Å². The first-order chi connectivity index (χ1) is 12.3. The van der Waals surface area contributed by atoms with E-state index in [0.29, 0.717) is 23.9 Å². The Labute approximate surface area is 179 Å². The van der Waals surface area contributed by atoms with Crippen molar-refractivity contribution >= 4 is 39.8 Å². The molecule has 0 atom stereocenters. The monoisotopic (exact) mass is 510 g/mol. The first-order valence-electron chi connectivity index (χ1n) is 8.90. The fourth-order valence-corrected chi connectivity index (χ4v) is 4.03. The van der Waals surface area contributed by atoms with E-state index >= 15 is 0 Å². The summed E-state index contributed by atoms with van der Waals surface area (Å²) in [5, 5.41) is 6.38. The number of rotatable bonds is 7. The minimum Gasteiger partial charge on any atom is -0.379 e. The Balaban J connectivity index is 0.00000364. The lowest BCUT2D eigenvalue weighted by molar-refractivity contribution is -0.00833. The molecule has 1 fully saturated rings. The Morgan fingerprint density at radius 2 is 1.81 bits per heavy atom. The predicted octanol–water partition coefficient (Wildman–Crippen LogP) is 1.35. The van der Waals surface area contributed by atoms with Gasteiger partial charge in [0.05, 0.1) is 23.9 Å². The molecule has 2 rings (SSSR count). The molecule has 27 heavy (non-hydrogen) atoms. The second-order valence-electron chi connectivity index (χ2n) is 6.90. The quantitative estimate of drug-likeness (QED) is 0.328. The van der Waals surface area contributed by atoms with E-state index in [1.165, 1.54) is 0 Å². The summed E-state index contributed by atoms with van der Waals surface area (Å²) >= 11 is 0. The third-order valence-corrected chi connectivity index (χ3v) is 6.28. The molecule has 154 valence electrons. The van der Waals surface area contributed by atoms with Gasteiger partial charge in [-0.2, -0.15) is 0 Å². The van der Waals surface area contributed by atoms with Gasteiger partial charge in [0.1, 0.15) is 0 Å². The molecule has 1 aromatic rings. The average Bonchev–Trinajstić information content (AvgIpc) is 2.66. The Morgan fingerprint density at radius 3 is 2.41 bits per heavy atom. The molecule has 1 aromatic carbocycles. The summed E-state index contributed by atoms with van der Waals surface area (Å²) in [5.41, 5.74) is -0.0441. The van der Waals surface area contributed by atoms with E-state index in [1.807, 2.05) is 0 Å². The summed E-state index contributed by atoms with van der Waals surface area (Å²) < 4.78 is 30.0. The van der Waals surface area contributed by atoms with Crippen molar-refractivity contribution < 1.29 is 13.2 Å². The molecular formula is C18H31IN4O3S. The number of hydrogen-bond donors (Lipinski definition) is 2. The molecule has 0 spiro atoms. The van der Waals surface area contributed by atoms with Crippen LogP contribution in [0.2, 0.25) is 0 Å². The molecule has 0 bridgehead atoms. The Morgan fingerprint density at radius 1 is 1.19 bits per heavy atom. The second-order valence-corrected chi connectivity index (χ2v) is 9.01. The van der Waals surface area contributed by atoms with Gasteiger partial charge >= 0.3 is 0 Å². The fourth-order valence-electron chi connectivity index (χ4n) is 2.85. The highest BCUT2D eigenvalue weighted by molar-refractivity contribution is 14.0. The first-order valence-corrected chi connectivity index (χ1v) is 10.6. The molecule has 9 heteroatoms. The van der Waals surface area contributed by atoms with Crippen LogP contribution in [0.15, 0.2) is 40.2 Å². The predicted molar refractivity (Wildman–Crippen MR) is 120 cm³/mol. The summed E-state index contributed by atoms with van der Waals surface area (Å²) in [6.07, 6.45) is 0. The van der Waals surface area contributed by atoms with Gasteiger partial charge in [-0.25, -0.2) is 8.42 Å². The number of hydrogen-bond acceptors (Lipinski definition) is 5. The molecule has 0 amide bonds. The van der Waals surface area contributed by atoms with Crippen LogP contribution in [0.1, 0.15) is 13.8 Å². The first kappa shape index (κ1) is 24.1. The van der Waals surface area contributed by atoms with Crippen LogP contribution >= 0.6 is 24.0 Å². The number of nitrogens with zero attached hydrogens (tertiary/aromatic N) is 2. The summed E-state index contributed by atoms with van der Waals surface area (Å²) in [5.74, 6) is 0.625. The summed E-state index contributed by atoms with van der Waals surface area (Å²) in [6.45, 7) is 8.71. The minimum atomic E-state index is -3.29. The van der Waals surface area contributed by atoms with Crippen LogP contribution in [-0.4, -0.2) is 77.0 Å². The van der Waals surface area contributed by atoms with E-state index in [2.05, 4.69) is 34.4 Å². The molecule has 0 aliphatic carbocycles. The molecular weight excluding hydrogens is 479 g/mol. The molecule has 7 nitrogen and oxygen atoms in total. The molecule has 1 aliphatic heterocycles. The maximum Gasteiger partial charge on any atom is 0.191 e. The van der Waals surface area contributed by atoms with Crippen LogP contribution < -0.4 is 10.6 Å². The SMILES string of the molecule is CN=C(NCCS(=O)(=O)c1ccccc1)NCC(C)(C)N1CCOCC1.I. The van der Waals surface area contributed by atoms with Gasteiger partial charge in [0.2, 0.25) is 0 Å². The molecule has 0 aromatic heterocycles. The fraction of sp³-hybridized carbons (Fsp3) is 0.611. The molecule has 1 heterocycles. The van der Waals surface area contributed by atoms with Crippen LogP contribution in [0, 0.1) is 0 Å². The molecule has 0 unspecified atom stereocenters. The smallest absolute Gasteiger partial charge is 0.191 e. The summed E-state index contributed by atoms with van der Waals surface area (Å²) in [7, 11) is -1.61. The van der Waals surface area contributed by atoms with Crippen molar-refractivity contribution in [1.29, 1.82) is 0 Å².